The van der Waals surface area contributed by atoms with Crippen LogP contribution >= 0.6 is 11.8 Å². The zero-order chi connectivity index (χ0) is 15.7. The van der Waals surface area contributed by atoms with Crippen LogP contribution in [0.15, 0.2) is 34.3 Å². The van der Waals surface area contributed by atoms with Crippen LogP contribution in [0.4, 0.5) is 5.69 Å². The van der Waals surface area contributed by atoms with Crippen LogP contribution in [0.1, 0.15) is 16.8 Å². The highest BCUT2D eigenvalue weighted by molar-refractivity contribution is 8.16. The molecule has 1 aromatic carbocycles. The number of nitrogens with zero attached hydrogens (tertiary/aromatic N) is 2. The van der Waals surface area contributed by atoms with Crippen molar-refractivity contribution in [3.63, 3.8) is 0 Å². The van der Waals surface area contributed by atoms with E-state index in [0.29, 0.717) is 0 Å². The van der Waals surface area contributed by atoms with Crippen LogP contribution in [0.5, 0.6) is 5.75 Å². The van der Waals surface area contributed by atoms with Crippen molar-refractivity contribution in [1.82, 2.24) is 4.90 Å². The van der Waals surface area contributed by atoms with Crippen molar-refractivity contribution in [1.29, 1.82) is 0 Å². The molecule has 0 saturated heterocycles. The van der Waals surface area contributed by atoms with Crippen molar-refractivity contribution < 1.29 is 19.8 Å². The minimum absolute atomic E-state index is 0.0386. The summed E-state index contributed by atoms with van der Waals surface area (Å²) in [6.45, 7) is 1.51. The minimum atomic E-state index is -1.14. The van der Waals surface area contributed by atoms with Crippen molar-refractivity contribution >= 4 is 34.5 Å². The Morgan fingerprint density at radius 3 is 2.95 bits per heavy atom. The lowest BCUT2D eigenvalue weighted by Crippen LogP contribution is -2.24. The smallest absolute Gasteiger partial charge is 0.335 e. The number of thioether (sulfide) groups is 1. The molecular weight excluding hydrogens is 306 g/mol. The molecule has 0 unspecified atom stereocenters. The van der Waals surface area contributed by atoms with Crippen LogP contribution in [-0.4, -0.2) is 45.2 Å². The van der Waals surface area contributed by atoms with Crippen LogP contribution in [-0.2, 0) is 4.79 Å². The quantitative estimate of drug-likeness (QED) is 0.730. The summed E-state index contributed by atoms with van der Waals surface area (Å²) >= 11 is 1.50. The molecule has 22 heavy (non-hydrogen) atoms. The molecule has 8 heteroatoms. The van der Waals surface area contributed by atoms with Gasteiger partial charge in [0.15, 0.2) is 5.17 Å². The Kier molecular flexibility index (Phi) is 3.76. The second-order valence-corrected chi connectivity index (χ2v) is 5.64. The number of aromatic carboxylic acids is 1. The van der Waals surface area contributed by atoms with Crippen molar-refractivity contribution in [3.05, 3.63) is 34.9 Å². The average Bonchev–Trinajstić information content (AvgIpc) is 3.06. The number of phenols is 1. The van der Waals surface area contributed by atoms with E-state index in [2.05, 4.69) is 10.3 Å². The number of rotatable bonds is 4. The molecule has 0 fully saturated rings. The molecule has 2 heterocycles. The van der Waals surface area contributed by atoms with E-state index in [1.165, 1.54) is 23.9 Å². The number of hydrogen-bond donors (Lipinski definition) is 3. The van der Waals surface area contributed by atoms with E-state index in [9.17, 15) is 14.7 Å². The summed E-state index contributed by atoms with van der Waals surface area (Å²) in [6.07, 6.45) is 0.173. The van der Waals surface area contributed by atoms with Gasteiger partial charge in [0.1, 0.15) is 5.75 Å². The summed E-state index contributed by atoms with van der Waals surface area (Å²) in [4.78, 5) is 29.2. The maximum atomic E-state index is 12.1. The third-order valence-electron chi connectivity index (χ3n) is 3.31. The average molecular weight is 319 g/mol. The molecule has 3 N–H and O–H groups in total. The Hall–Kier alpha value is -2.48. The van der Waals surface area contributed by atoms with Gasteiger partial charge in [-0.15, -0.1) is 0 Å². The number of aliphatic imine (C=N–C) groups is 1. The molecule has 0 bridgehead atoms. The Morgan fingerprint density at radius 1 is 1.41 bits per heavy atom. The van der Waals surface area contributed by atoms with Gasteiger partial charge in [-0.05, 0) is 23.6 Å². The van der Waals surface area contributed by atoms with Gasteiger partial charge < -0.3 is 20.4 Å². The standard InChI is InChI=1S/C14H13N3O4S/c18-11-5-8(13(20)21)1-2-10(11)16-12(19)6-9-7-22-14-15-3-4-17(9)14/h1-2,5,7,18H,3-4,6H2,(H,16,19)(H,20,21). The van der Waals surface area contributed by atoms with E-state index < -0.39 is 5.97 Å². The number of carbonyl (C=O) groups is 2. The number of carbonyl (C=O) groups excluding carboxylic acids is 1. The molecule has 2 aliphatic heterocycles. The van der Waals surface area contributed by atoms with Gasteiger partial charge in [0.25, 0.3) is 0 Å². The number of hydrogen-bond acceptors (Lipinski definition) is 6. The summed E-state index contributed by atoms with van der Waals surface area (Å²) in [7, 11) is 0. The fourth-order valence-corrected chi connectivity index (χ4v) is 3.20. The van der Waals surface area contributed by atoms with Crippen molar-refractivity contribution in [2.75, 3.05) is 18.4 Å². The topological polar surface area (TPSA) is 102 Å². The number of amides is 1. The van der Waals surface area contributed by atoms with E-state index in [-0.39, 0.29) is 29.3 Å². The zero-order valence-corrected chi connectivity index (χ0v) is 12.3. The lowest BCUT2D eigenvalue weighted by Gasteiger charge is -2.16. The molecule has 3 rings (SSSR count). The summed E-state index contributed by atoms with van der Waals surface area (Å²) in [5.74, 6) is -1.69. The number of aromatic hydroxyl groups is 1. The molecule has 0 spiro atoms. The molecule has 114 valence electrons. The third kappa shape index (κ3) is 2.77. The van der Waals surface area contributed by atoms with E-state index in [4.69, 9.17) is 5.11 Å². The highest BCUT2D eigenvalue weighted by Crippen LogP contribution is 2.31. The Morgan fingerprint density at radius 2 is 2.23 bits per heavy atom. The van der Waals surface area contributed by atoms with E-state index in [0.717, 1.165) is 30.0 Å². The monoisotopic (exact) mass is 319 g/mol. The molecule has 1 aromatic rings. The SMILES string of the molecule is O=C(CC1=CSC2=NCCN12)Nc1ccc(C(=O)O)cc1O. The maximum absolute atomic E-state index is 12.1. The number of fused-ring (bicyclic) bond motifs is 1. The first kappa shape index (κ1) is 14.5. The maximum Gasteiger partial charge on any atom is 0.335 e. The number of benzene rings is 1. The van der Waals surface area contributed by atoms with Crippen LogP contribution < -0.4 is 5.32 Å². The largest absolute Gasteiger partial charge is 0.506 e. The molecule has 0 saturated carbocycles. The predicted octanol–water partition coefficient (Wildman–Crippen LogP) is 1.68. The van der Waals surface area contributed by atoms with Gasteiger partial charge in [0, 0.05) is 12.2 Å². The van der Waals surface area contributed by atoms with Gasteiger partial charge >= 0.3 is 5.97 Å². The first-order chi connectivity index (χ1) is 10.5. The fraction of sp³-hybridized carbons (Fsp3) is 0.214. The first-order valence-corrected chi connectivity index (χ1v) is 7.46. The number of phenolic OH excluding ortho intramolecular Hbond substituents is 1. The second-order valence-electron chi connectivity index (χ2n) is 4.81. The highest BCUT2D eigenvalue weighted by atomic mass is 32.2. The number of carboxylic acids is 1. The summed E-state index contributed by atoms with van der Waals surface area (Å²) in [6, 6.07) is 3.80. The highest BCUT2D eigenvalue weighted by Gasteiger charge is 2.27. The molecule has 1 amide bonds. The summed E-state index contributed by atoms with van der Waals surface area (Å²) in [5, 5.41) is 24.0. The zero-order valence-electron chi connectivity index (χ0n) is 11.4. The van der Waals surface area contributed by atoms with Crippen LogP contribution in [0.3, 0.4) is 0 Å². The van der Waals surface area contributed by atoms with Crippen LogP contribution in [0.2, 0.25) is 0 Å². The fourth-order valence-electron chi connectivity index (χ4n) is 2.24. The molecule has 0 atom stereocenters. The number of anilines is 1. The van der Waals surface area contributed by atoms with Gasteiger partial charge in [-0.1, -0.05) is 11.8 Å². The van der Waals surface area contributed by atoms with Crippen molar-refractivity contribution in [2.24, 2.45) is 4.99 Å². The predicted molar refractivity (Wildman–Crippen MR) is 83.0 cm³/mol. The van der Waals surface area contributed by atoms with Gasteiger partial charge in [-0.2, -0.15) is 0 Å². The van der Waals surface area contributed by atoms with Crippen molar-refractivity contribution in [2.45, 2.75) is 6.42 Å². The molecule has 7 nitrogen and oxygen atoms in total. The van der Waals surface area contributed by atoms with E-state index in [1.54, 1.807) is 0 Å². The minimum Gasteiger partial charge on any atom is -0.506 e. The first-order valence-electron chi connectivity index (χ1n) is 6.58. The van der Waals surface area contributed by atoms with E-state index >= 15 is 0 Å². The Balaban J connectivity index is 1.65. The van der Waals surface area contributed by atoms with Crippen LogP contribution in [0.25, 0.3) is 0 Å². The molecular formula is C14H13N3O4S. The number of nitrogens with one attached hydrogen (secondary N) is 1. The molecule has 0 aromatic heterocycles. The van der Waals surface area contributed by atoms with Crippen molar-refractivity contribution in [3.8, 4) is 5.75 Å². The third-order valence-corrected chi connectivity index (χ3v) is 4.26. The lowest BCUT2D eigenvalue weighted by atomic mass is 10.2. The number of carboxylic acid groups (broad SMARTS) is 1. The lowest BCUT2D eigenvalue weighted by molar-refractivity contribution is -0.115. The van der Waals surface area contributed by atoms with Gasteiger partial charge in [-0.3, -0.25) is 9.79 Å². The van der Waals surface area contributed by atoms with E-state index in [1.807, 2.05) is 10.3 Å². The summed E-state index contributed by atoms with van der Waals surface area (Å²) < 4.78 is 0. The molecule has 0 aliphatic carbocycles. The molecule has 2 aliphatic rings. The van der Waals surface area contributed by atoms with Crippen LogP contribution in [0, 0.1) is 0 Å². The van der Waals surface area contributed by atoms with Gasteiger partial charge in [-0.25, -0.2) is 4.79 Å². The normalized spacial score (nSPS) is 16.1. The van der Waals surface area contributed by atoms with Gasteiger partial charge in [0.2, 0.25) is 5.91 Å². The Bertz CT molecular complexity index is 714. The summed E-state index contributed by atoms with van der Waals surface area (Å²) in [5.41, 5.74) is 1.03. The van der Waals surface area contributed by atoms with Gasteiger partial charge in [0.05, 0.1) is 24.2 Å². The Labute approximate surface area is 130 Å². The second kappa shape index (κ2) is 5.72. The number of amidine groups is 1. The molecule has 0 radical (unpaired) electrons.